The second kappa shape index (κ2) is 5.82. The van der Waals surface area contributed by atoms with Gasteiger partial charge in [-0.1, -0.05) is 0 Å². The Bertz CT molecular complexity index is 331. The van der Waals surface area contributed by atoms with Crippen molar-refractivity contribution < 1.29 is 14.7 Å². The average Bonchev–Trinajstić information content (AvgIpc) is 2.98. The topological polar surface area (TPSA) is 69.6 Å². The third kappa shape index (κ3) is 3.10. The van der Waals surface area contributed by atoms with Crippen molar-refractivity contribution in [2.75, 3.05) is 18.6 Å². The smallest absolute Gasteiger partial charge is 0.317 e. The van der Waals surface area contributed by atoms with Crippen LogP contribution in [0.3, 0.4) is 0 Å². The van der Waals surface area contributed by atoms with Crippen LogP contribution in [0.25, 0.3) is 0 Å². The van der Waals surface area contributed by atoms with E-state index in [0.717, 1.165) is 24.3 Å². The van der Waals surface area contributed by atoms with Gasteiger partial charge < -0.3 is 15.3 Å². The van der Waals surface area contributed by atoms with E-state index in [9.17, 15) is 9.59 Å². The van der Waals surface area contributed by atoms with Crippen LogP contribution < -0.4 is 5.32 Å². The minimum absolute atomic E-state index is 0.0232. The first-order chi connectivity index (χ1) is 8.58. The van der Waals surface area contributed by atoms with Gasteiger partial charge in [0, 0.05) is 24.9 Å². The second-order valence-electron chi connectivity index (χ2n) is 5.12. The van der Waals surface area contributed by atoms with Gasteiger partial charge in [-0.2, -0.15) is 11.8 Å². The number of carbonyl (C=O) groups is 2. The van der Waals surface area contributed by atoms with Gasteiger partial charge in [-0.3, -0.25) is 4.79 Å². The van der Waals surface area contributed by atoms with Crippen LogP contribution in [0.1, 0.15) is 25.7 Å². The maximum atomic E-state index is 12.0. The molecule has 0 aromatic rings. The SMILES string of the molecule is CN(C(=O)N[C@H]1CC[C@@H](C(=O)O)C1)C1CCSC1. The fourth-order valence-corrected chi connectivity index (χ4v) is 3.87. The second-order valence-corrected chi connectivity index (χ2v) is 6.27. The highest BCUT2D eigenvalue weighted by Crippen LogP contribution is 2.26. The minimum Gasteiger partial charge on any atom is -0.481 e. The summed E-state index contributed by atoms with van der Waals surface area (Å²) in [5.41, 5.74) is 0. The molecule has 6 heteroatoms. The zero-order valence-electron chi connectivity index (χ0n) is 10.6. The van der Waals surface area contributed by atoms with Crippen LogP contribution in [-0.2, 0) is 4.79 Å². The molecule has 0 aromatic carbocycles. The molecule has 1 saturated carbocycles. The Balaban J connectivity index is 1.79. The first-order valence-electron chi connectivity index (χ1n) is 6.42. The minimum atomic E-state index is -0.743. The first-order valence-corrected chi connectivity index (χ1v) is 7.57. The third-order valence-corrected chi connectivity index (χ3v) is 5.03. The molecule has 0 radical (unpaired) electrons. The van der Waals surface area contributed by atoms with Crippen molar-refractivity contribution in [3.63, 3.8) is 0 Å². The number of nitrogens with one attached hydrogen (secondary N) is 1. The molecule has 1 aliphatic heterocycles. The molecule has 1 unspecified atom stereocenters. The van der Waals surface area contributed by atoms with Crippen LogP contribution in [-0.4, -0.2) is 52.6 Å². The molecule has 2 rings (SSSR count). The molecular formula is C12H20N2O3S. The number of urea groups is 1. The zero-order valence-corrected chi connectivity index (χ0v) is 11.4. The van der Waals surface area contributed by atoms with Gasteiger partial charge in [0.05, 0.1) is 5.92 Å². The van der Waals surface area contributed by atoms with Crippen molar-refractivity contribution in [1.29, 1.82) is 0 Å². The number of thioether (sulfide) groups is 1. The summed E-state index contributed by atoms with van der Waals surface area (Å²) < 4.78 is 0. The van der Waals surface area contributed by atoms with Gasteiger partial charge in [-0.25, -0.2) is 4.79 Å². The maximum Gasteiger partial charge on any atom is 0.317 e. The summed E-state index contributed by atoms with van der Waals surface area (Å²) in [4.78, 5) is 24.6. The van der Waals surface area contributed by atoms with E-state index in [0.29, 0.717) is 18.9 Å². The molecular weight excluding hydrogens is 252 g/mol. The molecule has 2 amide bonds. The molecule has 18 heavy (non-hydrogen) atoms. The van der Waals surface area contributed by atoms with Crippen molar-refractivity contribution in [1.82, 2.24) is 10.2 Å². The summed E-state index contributed by atoms with van der Waals surface area (Å²) >= 11 is 1.88. The summed E-state index contributed by atoms with van der Waals surface area (Å²) in [6, 6.07) is 0.292. The molecule has 2 aliphatic rings. The van der Waals surface area contributed by atoms with Gasteiger partial charge in [-0.05, 0) is 31.4 Å². The lowest BCUT2D eigenvalue weighted by Crippen LogP contribution is -2.46. The largest absolute Gasteiger partial charge is 0.481 e. The lowest BCUT2D eigenvalue weighted by Gasteiger charge is -2.26. The standard InChI is InChI=1S/C12H20N2O3S/c1-14(10-4-5-18-7-10)12(17)13-9-3-2-8(6-9)11(15)16/h8-10H,2-7H2,1H3,(H,13,17)(H,15,16)/t8-,9+,10?/m1/s1. The average molecular weight is 272 g/mol. The van der Waals surface area contributed by atoms with E-state index < -0.39 is 5.97 Å². The molecule has 0 bridgehead atoms. The quantitative estimate of drug-likeness (QED) is 0.814. The highest BCUT2D eigenvalue weighted by Gasteiger charge is 2.32. The fourth-order valence-electron chi connectivity index (χ4n) is 2.61. The molecule has 1 aliphatic carbocycles. The molecule has 3 atom stereocenters. The summed E-state index contributed by atoms with van der Waals surface area (Å²) in [6.45, 7) is 0. The third-order valence-electron chi connectivity index (χ3n) is 3.88. The van der Waals surface area contributed by atoms with Crippen molar-refractivity contribution in [2.45, 2.75) is 37.8 Å². The van der Waals surface area contributed by atoms with Crippen molar-refractivity contribution >= 4 is 23.8 Å². The molecule has 1 heterocycles. The number of carboxylic acids is 1. The number of hydrogen-bond donors (Lipinski definition) is 2. The Labute approximate surface area is 111 Å². The zero-order chi connectivity index (χ0) is 13.1. The number of rotatable bonds is 3. The first kappa shape index (κ1) is 13.5. The van der Waals surface area contributed by atoms with E-state index in [2.05, 4.69) is 5.32 Å². The summed E-state index contributed by atoms with van der Waals surface area (Å²) in [5.74, 6) is 1.09. The van der Waals surface area contributed by atoms with E-state index in [1.165, 1.54) is 0 Å². The Kier molecular flexibility index (Phi) is 4.37. The molecule has 5 nitrogen and oxygen atoms in total. The highest BCUT2D eigenvalue weighted by molar-refractivity contribution is 7.99. The van der Waals surface area contributed by atoms with Gasteiger partial charge in [0.15, 0.2) is 0 Å². The monoisotopic (exact) mass is 272 g/mol. The lowest BCUT2D eigenvalue weighted by molar-refractivity contribution is -0.141. The number of carboxylic acid groups (broad SMARTS) is 1. The van der Waals surface area contributed by atoms with Crippen LogP contribution in [0, 0.1) is 5.92 Å². The number of aliphatic carboxylic acids is 1. The predicted molar refractivity (Wildman–Crippen MR) is 70.8 cm³/mol. The van der Waals surface area contributed by atoms with E-state index in [-0.39, 0.29) is 18.0 Å². The Hall–Kier alpha value is -0.910. The van der Waals surface area contributed by atoms with Gasteiger partial charge in [0.25, 0.3) is 0 Å². The van der Waals surface area contributed by atoms with Crippen LogP contribution in [0.4, 0.5) is 4.79 Å². The molecule has 0 aromatic heterocycles. The Morgan fingerprint density at radius 3 is 2.67 bits per heavy atom. The maximum absolute atomic E-state index is 12.0. The number of carbonyl (C=O) groups excluding carboxylic acids is 1. The Morgan fingerprint density at radius 2 is 2.11 bits per heavy atom. The summed E-state index contributed by atoms with van der Waals surface area (Å²) in [7, 11) is 1.83. The van der Waals surface area contributed by atoms with Crippen molar-refractivity contribution in [2.24, 2.45) is 5.92 Å². The molecule has 2 N–H and O–H groups in total. The predicted octanol–water partition coefficient (Wildman–Crippen LogP) is 1.39. The highest BCUT2D eigenvalue weighted by atomic mass is 32.2. The summed E-state index contributed by atoms with van der Waals surface area (Å²) in [5, 5.41) is 11.9. The van der Waals surface area contributed by atoms with E-state index in [4.69, 9.17) is 5.11 Å². The molecule has 1 saturated heterocycles. The van der Waals surface area contributed by atoms with Crippen molar-refractivity contribution in [3.8, 4) is 0 Å². The number of hydrogen-bond acceptors (Lipinski definition) is 3. The van der Waals surface area contributed by atoms with Gasteiger partial charge in [0.1, 0.15) is 0 Å². The van der Waals surface area contributed by atoms with Crippen LogP contribution in [0.5, 0.6) is 0 Å². The van der Waals surface area contributed by atoms with E-state index >= 15 is 0 Å². The molecule has 0 spiro atoms. The van der Waals surface area contributed by atoms with Gasteiger partial charge in [-0.15, -0.1) is 0 Å². The van der Waals surface area contributed by atoms with Crippen LogP contribution in [0.15, 0.2) is 0 Å². The van der Waals surface area contributed by atoms with Crippen LogP contribution >= 0.6 is 11.8 Å². The van der Waals surface area contributed by atoms with Crippen LogP contribution in [0.2, 0.25) is 0 Å². The number of amides is 2. The summed E-state index contributed by atoms with van der Waals surface area (Å²) in [6.07, 6.45) is 3.06. The number of nitrogens with zero attached hydrogens (tertiary/aromatic N) is 1. The molecule has 2 fully saturated rings. The van der Waals surface area contributed by atoms with E-state index in [1.54, 1.807) is 4.90 Å². The lowest BCUT2D eigenvalue weighted by atomic mass is 10.1. The van der Waals surface area contributed by atoms with Gasteiger partial charge >= 0.3 is 12.0 Å². The van der Waals surface area contributed by atoms with Crippen molar-refractivity contribution in [3.05, 3.63) is 0 Å². The normalized spacial score (nSPS) is 31.3. The molecule has 102 valence electrons. The van der Waals surface area contributed by atoms with E-state index in [1.807, 2.05) is 18.8 Å². The van der Waals surface area contributed by atoms with Gasteiger partial charge in [0.2, 0.25) is 0 Å². The fraction of sp³-hybridized carbons (Fsp3) is 0.833. The Morgan fingerprint density at radius 1 is 1.33 bits per heavy atom.